The summed E-state index contributed by atoms with van der Waals surface area (Å²) in [7, 11) is 0. The number of carbonyl (C=O) groups is 1. The first kappa shape index (κ1) is 21.0. The topological polar surface area (TPSA) is 63.2 Å². The summed E-state index contributed by atoms with van der Waals surface area (Å²) in [5.74, 6) is -0.110. The van der Waals surface area contributed by atoms with Gasteiger partial charge in [-0.15, -0.1) is 0 Å². The van der Waals surface area contributed by atoms with Crippen molar-refractivity contribution < 1.29 is 22.7 Å². The fourth-order valence-corrected chi connectivity index (χ4v) is 3.66. The highest BCUT2D eigenvalue weighted by Gasteiger charge is 2.35. The molecule has 1 aliphatic rings. The van der Waals surface area contributed by atoms with Crippen LogP contribution in [0.1, 0.15) is 36.8 Å². The van der Waals surface area contributed by atoms with Gasteiger partial charge in [0.15, 0.2) is 6.61 Å². The molecule has 2 aromatic rings. The van der Waals surface area contributed by atoms with Crippen LogP contribution < -0.4 is 15.4 Å². The van der Waals surface area contributed by atoms with Crippen LogP contribution in [0.4, 0.5) is 18.0 Å². The van der Waals surface area contributed by atoms with E-state index < -0.39 is 12.8 Å². The lowest BCUT2D eigenvalue weighted by Crippen LogP contribution is -2.43. The molecule has 1 aliphatic carbocycles. The predicted molar refractivity (Wildman–Crippen MR) is 103 cm³/mol. The van der Waals surface area contributed by atoms with Crippen molar-refractivity contribution >= 4 is 6.03 Å². The molecular weight excluding hydrogens is 383 g/mol. The van der Waals surface area contributed by atoms with E-state index in [1.54, 1.807) is 6.07 Å². The normalized spacial score (nSPS) is 15.7. The molecule has 2 amide bonds. The van der Waals surface area contributed by atoms with Gasteiger partial charge in [-0.25, -0.2) is 9.78 Å². The van der Waals surface area contributed by atoms with E-state index in [1.807, 2.05) is 18.2 Å². The summed E-state index contributed by atoms with van der Waals surface area (Å²) in [6.07, 6.45) is 1.35. The van der Waals surface area contributed by atoms with Gasteiger partial charge in [0.1, 0.15) is 0 Å². The third kappa shape index (κ3) is 6.10. The van der Waals surface area contributed by atoms with Crippen LogP contribution in [0.3, 0.4) is 0 Å². The van der Waals surface area contributed by atoms with E-state index in [0.717, 1.165) is 25.7 Å². The summed E-state index contributed by atoms with van der Waals surface area (Å²) in [6, 6.07) is 12.9. The van der Waals surface area contributed by atoms with Gasteiger partial charge < -0.3 is 15.4 Å². The minimum absolute atomic E-state index is 0.0301. The molecule has 0 atom stereocenters. The molecule has 2 N–H and O–H groups in total. The Labute approximate surface area is 167 Å². The van der Waals surface area contributed by atoms with Crippen molar-refractivity contribution in [1.82, 2.24) is 15.6 Å². The van der Waals surface area contributed by atoms with E-state index in [0.29, 0.717) is 12.1 Å². The maximum absolute atomic E-state index is 12.2. The van der Waals surface area contributed by atoms with Crippen molar-refractivity contribution in [2.45, 2.75) is 43.8 Å². The van der Waals surface area contributed by atoms with Crippen LogP contribution >= 0.6 is 0 Å². The van der Waals surface area contributed by atoms with Crippen LogP contribution in [-0.2, 0) is 12.0 Å². The van der Waals surface area contributed by atoms with E-state index >= 15 is 0 Å². The number of amides is 2. The Morgan fingerprint density at radius 3 is 2.41 bits per heavy atom. The molecule has 29 heavy (non-hydrogen) atoms. The minimum Gasteiger partial charge on any atom is -0.468 e. The fourth-order valence-electron chi connectivity index (χ4n) is 3.66. The Kier molecular flexibility index (Phi) is 6.61. The van der Waals surface area contributed by atoms with Gasteiger partial charge in [0.25, 0.3) is 0 Å². The lowest BCUT2D eigenvalue weighted by molar-refractivity contribution is -0.154. The van der Waals surface area contributed by atoms with Crippen LogP contribution in [0.5, 0.6) is 5.88 Å². The zero-order valence-electron chi connectivity index (χ0n) is 16.0. The van der Waals surface area contributed by atoms with E-state index in [1.165, 1.54) is 17.8 Å². The summed E-state index contributed by atoms with van der Waals surface area (Å²) in [5, 5.41) is 5.72. The zero-order valence-corrected chi connectivity index (χ0v) is 16.0. The highest BCUT2D eigenvalue weighted by Crippen LogP contribution is 2.40. The number of pyridine rings is 1. The number of nitrogens with zero attached hydrogens (tertiary/aromatic N) is 1. The van der Waals surface area contributed by atoms with E-state index in [2.05, 4.69) is 32.5 Å². The second kappa shape index (κ2) is 9.15. The molecule has 3 rings (SSSR count). The summed E-state index contributed by atoms with van der Waals surface area (Å²) in [4.78, 5) is 16.1. The monoisotopic (exact) mass is 407 g/mol. The first-order chi connectivity index (χ1) is 13.9. The summed E-state index contributed by atoms with van der Waals surface area (Å²) in [5.41, 5.74) is 1.88. The minimum atomic E-state index is -4.41. The SMILES string of the molecule is O=C(NCc1ccc(OCC(F)(F)F)nc1)NCC1(c2ccccc2)CCCC1. The van der Waals surface area contributed by atoms with Crippen LogP contribution in [-0.4, -0.2) is 30.3 Å². The van der Waals surface area contributed by atoms with Crippen molar-refractivity contribution in [3.8, 4) is 5.88 Å². The summed E-state index contributed by atoms with van der Waals surface area (Å²) >= 11 is 0. The van der Waals surface area contributed by atoms with Crippen LogP contribution in [0, 0.1) is 0 Å². The third-order valence-corrected chi connectivity index (χ3v) is 5.17. The van der Waals surface area contributed by atoms with Gasteiger partial charge in [-0.1, -0.05) is 49.2 Å². The molecule has 1 heterocycles. The number of halogens is 3. The highest BCUT2D eigenvalue weighted by molar-refractivity contribution is 5.74. The number of hydrogen-bond donors (Lipinski definition) is 2. The standard InChI is InChI=1S/C21H24F3N3O2/c22-21(23,24)15-29-18-9-8-16(12-25-18)13-26-19(28)27-14-20(10-4-5-11-20)17-6-2-1-3-7-17/h1-3,6-9,12H,4-5,10-11,13-15H2,(H2,26,27,28). The maximum atomic E-state index is 12.2. The first-order valence-corrected chi connectivity index (χ1v) is 9.58. The largest absolute Gasteiger partial charge is 0.468 e. The van der Waals surface area contributed by atoms with Gasteiger partial charge in [-0.05, 0) is 24.0 Å². The molecule has 156 valence electrons. The number of alkyl halides is 3. The zero-order chi connectivity index (χ0) is 20.7. The van der Waals surface area contributed by atoms with Crippen molar-refractivity contribution in [3.63, 3.8) is 0 Å². The second-order valence-electron chi connectivity index (χ2n) is 7.30. The van der Waals surface area contributed by atoms with Crippen LogP contribution in [0.15, 0.2) is 48.7 Å². The molecule has 0 spiro atoms. The van der Waals surface area contributed by atoms with Gasteiger partial charge in [0.05, 0.1) is 0 Å². The number of urea groups is 1. The Morgan fingerprint density at radius 1 is 1.07 bits per heavy atom. The molecule has 1 aromatic carbocycles. The number of ether oxygens (including phenoxy) is 1. The highest BCUT2D eigenvalue weighted by atomic mass is 19.4. The molecule has 1 aromatic heterocycles. The Morgan fingerprint density at radius 2 is 1.79 bits per heavy atom. The van der Waals surface area contributed by atoms with Gasteiger partial charge >= 0.3 is 12.2 Å². The first-order valence-electron chi connectivity index (χ1n) is 9.58. The smallest absolute Gasteiger partial charge is 0.422 e. The Hall–Kier alpha value is -2.77. The maximum Gasteiger partial charge on any atom is 0.422 e. The van der Waals surface area contributed by atoms with Crippen molar-refractivity contribution in [3.05, 3.63) is 59.8 Å². The van der Waals surface area contributed by atoms with Crippen molar-refractivity contribution in [2.75, 3.05) is 13.2 Å². The average molecular weight is 407 g/mol. The van der Waals surface area contributed by atoms with Crippen LogP contribution in [0.2, 0.25) is 0 Å². The van der Waals surface area contributed by atoms with Crippen molar-refractivity contribution in [2.24, 2.45) is 0 Å². The van der Waals surface area contributed by atoms with E-state index in [4.69, 9.17) is 0 Å². The average Bonchev–Trinajstić information content (AvgIpc) is 3.20. The molecule has 0 unspecified atom stereocenters. The molecule has 0 bridgehead atoms. The Bertz CT molecular complexity index is 789. The van der Waals surface area contributed by atoms with Gasteiger partial charge in [0.2, 0.25) is 5.88 Å². The molecule has 8 heteroatoms. The van der Waals surface area contributed by atoms with Gasteiger partial charge in [0, 0.05) is 30.8 Å². The summed E-state index contributed by atoms with van der Waals surface area (Å²) in [6.45, 7) is -0.606. The number of benzene rings is 1. The third-order valence-electron chi connectivity index (χ3n) is 5.17. The molecule has 1 fully saturated rings. The lowest BCUT2D eigenvalue weighted by Gasteiger charge is -2.30. The van der Waals surface area contributed by atoms with Gasteiger partial charge in [-0.3, -0.25) is 0 Å². The van der Waals surface area contributed by atoms with E-state index in [9.17, 15) is 18.0 Å². The number of nitrogens with one attached hydrogen (secondary N) is 2. The molecule has 1 saturated carbocycles. The lowest BCUT2D eigenvalue weighted by atomic mass is 9.79. The number of rotatable bonds is 7. The molecule has 5 nitrogen and oxygen atoms in total. The molecule has 0 aliphatic heterocycles. The van der Waals surface area contributed by atoms with Crippen molar-refractivity contribution in [1.29, 1.82) is 0 Å². The van der Waals surface area contributed by atoms with E-state index in [-0.39, 0.29) is 23.9 Å². The molecule has 0 saturated heterocycles. The number of carbonyl (C=O) groups excluding carboxylic acids is 1. The quantitative estimate of drug-likeness (QED) is 0.718. The molecular formula is C21H24F3N3O2. The Balaban J connectivity index is 1.47. The fraction of sp³-hybridized carbons (Fsp3) is 0.429. The number of aromatic nitrogens is 1. The van der Waals surface area contributed by atoms with Crippen LogP contribution in [0.25, 0.3) is 0 Å². The molecule has 0 radical (unpaired) electrons. The summed E-state index contributed by atoms with van der Waals surface area (Å²) < 4.78 is 41.0. The predicted octanol–water partition coefficient (Wildman–Crippen LogP) is 4.33. The van der Waals surface area contributed by atoms with Gasteiger partial charge in [-0.2, -0.15) is 13.2 Å². The number of hydrogen-bond acceptors (Lipinski definition) is 3. The second-order valence-corrected chi connectivity index (χ2v) is 7.30.